The fourth-order valence-electron chi connectivity index (χ4n) is 5.79. The molecule has 1 heterocycles. The molecule has 4 rings (SSSR count). The molecule has 0 saturated carbocycles. The summed E-state index contributed by atoms with van der Waals surface area (Å²) in [5, 5.41) is 17.9. The molecule has 3 unspecified atom stereocenters. The Labute approximate surface area is 261 Å². The van der Waals surface area contributed by atoms with Crippen molar-refractivity contribution in [3.63, 3.8) is 0 Å². The first-order valence-corrected chi connectivity index (χ1v) is 16.5. The van der Waals surface area contributed by atoms with E-state index in [-0.39, 0.29) is 5.42 Å². The molecule has 42 heavy (non-hydrogen) atoms. The maximum absolute atomic E-state index is 14.2. The summed E-state index contributed by atoms with van der Waals surface area (Å²) in [6.07, 6.45) is -0.836. The number of ether oxygens (including phenoxy) is 1. The first kappa shape index (κ1) is 31.6. The Bertz CT molecular complexity index is 1440. The highest BCUT2D eigenvalue weighted by molar-refractivity contribution is 7.96. The predicted octanol–water partition coefficient (Wildman–Crippen LogP) is 4.21. The highest BCUT2D eigenvalue weighted by Crippen LogP contribution is 2.50. The topological polar surface area (TPSA) is 83.9 Å². The van der Waals surface area contributed by atoms with Crippen molar-refractivity contribution in [1.82, 2.24) is 4.90 Å². The number of thiocarbonyl (C=S) groups is 3. The van der Waals surface area contributed by atoms with Crippen LogP contribution < -0.4 is 15.9 Å². The largest absolute Gasteiger partial charge is 0.477 e. The Balaban J connectivity index is 2.18. The number of carbonyl (C=O) groups excluding carboxylic acids is 2. The van der Waals surface area contributed by atoms with Crippen LogP contribution in [-0.4, -0.2) is 61.5 Å². The Hall–Kier alpha value is -3.36. The van der Waals surface area contributed by atoms with Crippen molar-refractivity contribution >= 4 is 98.8 Å². The quantitative estimate of drug-likeness (QED) is 0.137. The molecule has 3 aromatic carbocycles. The molecule has 216 valence electrons. The van der Waals surface area contributed by atoms with Gasteiger partial charge in [-0.2, -0.15) is 0 Å². The number of likely N-dealkylation sites (tertiary alicyclic amines) is 1. The summed E-state index contributed by atoms with van der Waals surface area (Å²) in [5.41, 5.74) is -0.0540. The van der Waals surface area contributed by atoms with Gasteiger partial charge in [0, 0.05) is 25.6 Å². The second kappa shape index (κ2) is 13.7. The van der Waals surface area contributed by atoms with E-state index in [4.69, 9.17) is 41.4 Å². The number of carboxylic acid groups (broad SMARTS) is 1. The third-order valence-electron chi connectivity index (χ3n) is 7.52. The summed E-state index contributed by atoms with van der Waals surface area (Å²) in [6.45, 7) is -0.302. The smallest absolute Gasteiger partial charge is 0.353 e. The van der Waals surface area contributed by atoms with Crippen LogP contribution in [0.1, 0.15) is 13.8 Å². The van der Waals surface area contributed by atoms with Crippen LogP contribution in [0.25, 0.3) is 0 Å². The van der Waals surface area contributed by atoms with Crippen LogP contribution in [0, 0.1) is 17.8 Å². The van der Waals surface area contributed by atoms with Crippen LogP contribution in [-0.2, 0) is 19.1 Å². The molecule has 0 aromatic heterocycles. The standard InChI is InChI=1S/C32H30NO5PS3/c1-21(38-22(2)34)28-29(27(20-42)23(18-40)19-41)33(30(28)35)31(32(36)37)39(24-12-6-3-7-13-24,25-14-8-4-9-15-25)26-16-10-5-11-17-26/h3-21,23,27-29H,1-2H3,(H,36,37)/t21-,27?,28?,29?/m0/s1. The van der Waals surface area contributed by atoms with E-state index >= 15 is 0 Å². The van der Waals surface area contributed by atoms with Crippen molar-refractivity contribution in [3.05, 3.63) is 91.0 Å². The molecule has 1 fully saturated rings. The number of rotatable bonds is 12. The first-order valence-electron chi connectivity index (χ1n) is 13.3. The fraction of sp³-hybridized carbons (Fsp3) is 0.219. The molecule has 10 heteroatoms. The Morgan fingerprint density at radius 3 is 1.60 bits per heavy atom. The average molecular weight is 636 g/mol. The molecule has 1 saturated heterocycles. The number of hydrogen-bond donors (Lipinski definition) is 1. The lowest BCUT2D eigenvalue weighted by atomic mass is 9.72. The molecule has 0 spiro atoms. The molecular formula is C32H30NO5PS3. The second-order valence-electron chi connectivity index (χ2n) is 9.91. The zero-order valence-corrected chi connectivity index (χ0v) is 26.3. The van der Waals surface area contributed by atoms with E-state index in [1.54, 1.807) is 6.92 Å². The van der Waals surface area contributed by atoms with Gasteiger partial charge in [0.15, 0.2) is 0 Å². The van der Waals surface area contributed by atoms with E-state index in [0.717, 1.165) is 15.9 Å². The van der Waals surface area contributed by atoms with Gasteiger partial charge < -0.3 is 14.7 Å². The number of nitrogens with zero attached hydrogens (tertiary/aromatic N) is 1. The van der Waals surface area contributed by atoms with E-state index < -0.39 is 54.6 Å². The van der Waals surface area contributed by atoms with Gasteiger partial charge in [-0.25, -0.2) is 4.79 Å². The number of aliphatic carboxylic acids is 1. The number of esters is 1. The Kier molecular flexibility index (Phi) is 10.3. The van der Waals surface area contributed by atoms with E-state index in [0.29, 0.717) is 0 Å². The van der Waals surface area contributed by atoms with Crippen molar-refractivity contribution < 1.29 is 24.2 Å². The van der Waals surface area contributed by atoms with Gasteiger partial charge in [-0.15, -0.1) is 0 Å². The number of amides is 1. The van der Waals surface area contributed by atoms with Gasteiger partial charge in [-0.3, -0.25) is 9.59 Å². The summed E-state index contributed by atoms with van der Waals surface area (Å²) in [7, 11) is 0. The maximum atomic E-state index is 14.2. The van der Waals surface area contributed by atoms with Crippen molar-refractivity contribution in [2.75, 3.05) is 0 Å². The number of carbonyl (C=O) groups is 3. The van der Waals surface area contributed by atoms with Gasteiger partial charge in [0.1, 0.15) is 11.5 Å². The third-order valence-corrected chi connectivity index (χ3v) is 12.7. The normalized spacial score (nSPS) is 17.9. The molecule has 0 aliphatic carbocycles. The van der Waals surface area contributed by atoms with E-state index in [2.05, 4.69) is 0 Å². The summed E-state index contributed by atoms with van der Waals surface area (Å²) in [4.78, 5) is 41.2. The van der Waals surface area contributed by atoms with Crippen molar-refractivity contribution in [2.45, 2.75) is 26.0 Å². The van der Waals surface area contributed by atoms with Gasteiger partial charge >= 0.3 is 11.9 Å². The van der Waals surface area contributed by atoms with Crippen LogP contribution >= 0.6 is 43.5 Å². The minimum absolute atomic E-state index is 0.0540. The number of benzene rings is 3. The summed E-state index contributed by atoms with van der Waals surface area (Å²) < 4.78 is 5.47. The molecule has 1 aliphatic heterocycles. The van der Waals surface area contributed by atoms with Crippen LogP contribution in [0.3, 0.4) is 0 Å². The molecule has 1 amide bonds. The lowest BCUT2D eigenvalue weighted by molar-refractivity contribution is -0.168. The van der Waals surface area contributed by atoms with Gasteiger partial charge in [0.05, 0.1) is 12.0 Å². The van der Waals surface area contributed by atoms with Crippen molar-refractivity contribution in [1.29, 1.82) is 0 Å². The monoisotopic (exact) mass is 635 g/mol. The third kappa shape index (κ3) is 5.66. The van der Waals surface area contributed by atoms with E-state index in [1.807, 2.05) is 91.0 Å². The predicted molar refractivity (Wildman–Crippen MR) is 181 cm³/mol. The molecule has 1 aliphatic rings. The molecule has 0 radical (unpaired) electrons. The lowest BCUT2D eigenvalue weighted by Crippen LogP contribution is -2.71. The van der Waals surface area contributed by atoms with Crippen molar-refractivity contribution in [3.8, 4) is 0 Å². The molecule has 1 N–H and O–H groups in total. The minimum Gasteiger partial charge on any atom is -0.477 e. The zero-order chi connectivity index (χ0) is 30.4. The molecule has 6 nitrogen and oxygen atoms in total. The average Bonchev–Trinajstić information content (AvgIpc) is 2.99. The molecular weight excluding hydrogens is 606 g/mol. The van der Waals surface area contributed by atoms with Crippen LogP contribution in [0.15, 0.2) is 91.0 Å². The van der Waals surface area contributed by atoms with Crippen LogP contribution in [0.5, 0.6) is 0 Å². The SMILES string of the molecule is CC(=O)O[C@@H](C)C1C(=O)N(C(C(=O)O)=P(c2ccccc2)(c2ccccc2)c2ccccc2)C1C(C=S)C(C=S)C=S. The maximum Gasteiger partial charge on any atom is 0.353 e. The summed E-state index contributed by atoms with van der Waals surface area (Å²) >= 11 is 16.0. The minimum atomic E-state index is -3.20. The van der Waals surface area contributed by atoms with Gasteiger partial charge in [-0.1, -0.05) is 128 Å². The zero-order valence-electron chi connectivity index (χ0n) is 23.0. The Morgan fingerprint density at radius 1 is 0.833 bits per heavy atom. The van der Waals surface area contributed by atoms with E-state index in [1.165, 1.54) is 27.9 Å². The first-order chi connectivity index (χ1) is 20.2. The molecule has 0 bridgehead atoms. The molecule has 3 aromatic rings. The number of carboxylic acids is 1. The summed E-state index contributed by atoms with van der Waals surface area (Å²) in [5.74, 6) is -4.21. The van der Waals surface area contributed by atoms with Gasteiger partial charge in [0.2, 0.25) is 5.91 Å². The Morgan fingerprint density at radius 2 is 1.26 bits per heavy atom. The van der Waals surface area contributed by atoms with Crippen molar-refractivity contribution in [2.24, 2.45) is 17.8 Å². The molecule has 4 atom stereocenters. The number of β-lactam (4-membered cyclic amide) rings is 1. The lowest BCUT2D eigenvalue weighted by Gasteiger charge is -2.53. The van der Waals surface area contributed by atoms with Gasteiger partial charge in [0.25, 0.3) is 0 Å². The van der Waals surface area contributed by atoms with E-state index in [9.17, 15) is 19.5 Å². The van der Waals surface area contributed by atoms with Gasteiger partial charge in [-0.05, 0) is 38.9 Å². The second-order valence-corrected chi connectivity index (χ2v) is 14.0. The van der Waals surface area contributed by atoms with Crippen LogP contribution in [0.4, 0.5) is 0 Å². The highest BCUT2D eigenvalue weighted by Gasteiger charge is 2.58. The number of hydrogen-bond acceptors (Lipinski definition) is 7. The highest BCUT2D eigenvalue weighted by atomic mass is 32.1. The summed E-state index contributed by atoms with van der Waals surface area (Å²) in [6, 6.07) is 27.5. The van der Waals surface area contributed by atoms with Crippen LogP contribution in [0.2, 0.25) is 0 Å². The fourth-order valence-corrected chi connectivity index (χ4v) is 11.1.